The number of pyridine rings is 1. The Morgan fingerprint density at radius 3 is 2.37 bits per heavy atom. The summed E-state index contributed by atoms with van der Waals surface area (Å²) in [5, 5.41) is 3.17. The fourth-order valence-corrected chi connectivity index (χ4v) is 5.80. The van der Waals surface area contributed by atoms with Crippen LogP contribution in [0.25, 0.3) is 28.5 Å². The van der Waals surface area contributed by atoms with Crippen molar-refractivity contribution in [2.24, 2.45) is 0 Å². The highest BCUT2D eigenvalue weighted by molar-refractivity contribution is 7.88. The van der Waals surface area contributed by atoms with Crippen LogP contribution in [-0.2, 0) is 15.8 Å². The van der Waals surface area contributed by atoms with Crippen molar-refractivity contribution in [2.45, 2.75) is 12.7 Å². The number of benzene rings is 1. The third kappa shape index (κ3) is 4.99. The zero-order valence-corrected chi connectivity index (χ0v) is 22.2. The number of nitrogens with zero attached hydrogens (tertiary/aromatic N) is 6. The van der Waals surface area contributed by atoms with Gasteiger partial charge in [0.1, 0.15) is 28.6 Å². The van der Waals surface area contributed by atoms with Crippen LogP contribution in [0.1, 0.15) is 12.6 Å². The first-order chi connectivity index (χ1) is 18.4. The summed E-state index contributed by atoms with van der Waals surface area (Å²) >= 11 is 0. The Hall–Kier alpha value is -3.81. The summed E-state index contributed by atoms with van der Waals surface area (Å²) in [6.07, 6.45) is 1.45. The molecule has 0 saturated carbocycles. The van der Waals surface area contributed by atoms with Crippen LogP contribution >= 0.6 is 0 Å². The van der Waals surface area contributed by atoms with Gasteiger partial charge in [-0.05, 0) is 25.1 Å². The van der Waals surface area contributed by atoms with E-state index in [0.717, 1.165) is 0 Å². The Kier molecular flexibility index (Phi) is 7.40. The van der Waals surface area contributed by atoms with Gasteiger partial charge in [0.05, 0.1) is 32.7 Å². The number of sulfonamides is 1. The lowest BCUT2D eigenvalue weighted by Gasteiger charge is -2.26. The zero-order valence-electron chi connectivity index (χ0n) is 21.4. The van der Waals surface area contributed by atoms with Crippen molar-refractivity contribution in [3.05, 3.63) is 48.3 Å². The predicted molar refractivity (Wildman–Crippen MR) is 141 cm³/mol. The molecule has 3 aromatic heterocycles. The summed E-state index contributed by atoms with van der Waals surface area (Å²) < 4.78 is 46.4. The molecule has 1 saturated heterocycles. The molecule has 0 unspecified atom stereocenters. The number of piperazine rings is 1. The summed E-state index contributed by atoms with van der Waals surface area (Å²) in [7, 11) is -0.467. The van der Waals surface area contributed by atoms with Crippen LogP contribution in [0.3, 0.4) is 0 Å². The summed E-state index contributed by atoms with van der Waals surface area (Å²) in [5.74, 6) is 1.60. The van der Waals surface area contributed by atoms with E-state index in [2.05, 4.69) is 15.3 Å². The second kappa shape index (κ2) is 10.9. The molecule has 1 aliphatic heterocycles. The maximum absolute atomic E-state index is 13.1. The number of aromatic nitrogens is 5. The van der Waals surface area contributed by atoms with Crippen LogP contribution in [0.4, 0.5) is 0 Å². The van der Waals surface area contributed by atoms with E-state index in [-0.39, 0.29) is 5.75 Å². The van der Waals surface area contributed by atoms with E-state index in [1.54, 1.807) is 43.1 Å². The monoisotopic (exact) mass is 539 g/mol. The smallest absolute Gasteiger partial charge is 0.219 e. The summed E-state index contributed by atoms with van der Waals surface area (Å²) in [4.78, 5) is 18.6. The average molecular weight is 540 g/mol. The first-order valence-electron chi connectivity index (χ1n) is 12.2. The minimum atomic E-state index is -3.58. The number of nitrogens with one attached hydrogen (secondary N) is 1. The Morgan fingerprint density at radius 1 is 0.974 bits per heavy atom. The van der Waals surface area contributed by atoms with E-state index in [0.29, 0.717) is 84.4 Å². The normalized spacial score (nSPS) is 14.5. The first kappa shape index (κ1) is 25.8. The molecule has 1 aromatic carbocycles. The highest BCUT2D eigenvalue weighted by Crippen LogP contribution is 2.37. The molecule has 13 heteroatoms. The van der Waals surface area contributed by atoms with Crippen molar-refractivity contribution in [1.29, 1.82) is 0 Å². The van der Waals surface area contributed by atoms with Gasteiger partial charge in [0.15, 0.2) is 17.1 Å². The molecule has 4 aromatic rings. The van der Waals surface area contributed by atoms with Crippen LogP contribution in [0.2, 0.25) is 0 Å². The van der Waals surface area contributed by atoms with Crippen molar-refractivity contribution in [2.75, 3.05) is 47.0 Å². The molecule has 12 nitrogen and oxygen atoms in total. The van der Waals surface area contributed by atoms with Crippen LogP contribution in [0.5, 0.6) is 17.4 Å². The minimum absolute atomic E-state index is 0.280. The Morgan fingerprint density at radius 2 is 1.68 bits per heavy atom. The van der Waals surface area contributed by atoms with Gasteiger partial charge in [-0.3, -0.25) is 4.57 Å². The molecular weight excluding hydrogens is 510 g/mol. The van der Waals surface area contributed by atoms with Crippen LogP contribution in [0, 0.1) is 0 Å². The third-order valence-electron chi connectivity index (χ3n) is 6.09. The van der Waals surface area contributed by atoms with E-state index in [4.69, 9.17) is 24.2 Å². The molecule has 5 rings (SSSR count). The van der Waals surface area contributed by atoms with Crippen LogP contribution in [0.15, 0.2) is 42.6 Å². The van der Waals surface area contributed by atoms with Crippen molar-refractivity contribution < 1.29 is 22.6 Å². The molecule has 0 spiro atoms. The van der Waals surface area contributed by atoms with Crippen LogP contribution < -0.4 is 19.5 Å². The molecule has 200 valence electrons. The second-order valence-electron chi connectivity index (χ2n) is 8.49. The molecule has 0 atom stereocenters. The Labute approximate surface area is 220 Å². The molecule has 4 heterocycles. The summed E-state index contributed by atoms with van der Waals surface area (Å²) in [5.41, 5.74) is 2.02. The molecule has 0 amide bonds. The molecule has 0 radical (unpaired) electrons. The van der Waals surface area contributed by atoms with Crippen LogP contribution in [-0.4, -0.2) is 84.2 Å². The molecular formula is C25H29N7O5S. The number of para-hydroxylation sites is 1. The standard InChI is InChI=1S/C25H29N7O5S/c1-4-37-21-10-5-7-18(29-21)24-30-23-25(32(24)22-19(35-2)8-6-9-20(22)36-3)28-17(15-27-23)16-38(33,34)31-13-11-26-12-14-31/h5-10,15,26H,4,11-14,16H2,1-3H3. The molecule has 38 heavy (non-hydrogen) atoms. The van der Waals surface area contributed by atoms with Crippen molar-refractivity contribution in [1.82, 2.24) is 34.1 Å². The lowest BCUT2D eigenvalue weighted by Crippen LogP contribution is -2.46. The van der Waals surface area contributed by atoms with Gasteiger partial charge >= 0.3 is 0 Å². The van der Waals surface area contributed by atoms with E-state index < -0.39 is 10.0 Å². The highest BCUT2D eigenvalue weighted by Gasteiger charge is 2.27. The number of ether oxygens (including phenoxy) is 3. The Bertz CT molecular complexity index is 1530. The fourth-order valence-electron chi connectivity index (χ4n) is 4.36. The summed E-state index contributed by atoms with van der Waals surface area (Å²) in [6.45, 7) is 4.40. The molecule has 1 N–H and O–H groups in total. The zero-order chi connectivity index (χ0) is 26.7. The number of hydrogen-bond donors (Lipinski definition) is 1. The molecule has 0 aliphatic carbocycles. The fraction of sp³-hybridized carbons (Fsp3) is 0.360. The van der Waals surface area contributed by atoms with Crippen molar-refractivity contribution in [3.8, 4) is 34.6 Å². The van der Waals surface area contributed by atoms with Gasteiger partial charge in [-0.1, -0.05) is 12.1 Å². The van der Waals surface area contributed by atoms with Gasteiger partial charge < -0.3 is 19.5 Å². The van der Waals surface area contributed by atoms with Gasteiger partial charge in [-0.2, -0.15) is 4.31 Å². The van der Waals surface area contributed by atoms with Gasteiger partial charge in [-0.25, -0.2) is 28.4 Å². The van der Waals surface area contributed by atoms with Crippen molar-refractivity contribution >= 4 is 21.3 Å². The maximum atomic E-state index is 13.1. The SMILES string of the molecule is CCOc1cccc(-c2nc3ncc(CS(=O)(=O)N4CCNCC4)nc3n2-c2c(OC)cccc2OC)n1. The average Bonchev–Trinajstić information content (AvgIpc) is 3.31. The largest absolute Gasteiger partial charge is 0.494 e. The third-order valence-corrected chi connectivity index (χ3v) is 7.90. The minimum Gasteiger partial charge on any atom is -0.494 e. The topological polar surface area (TPSA) is 134 Å². The Balaban J connectivity index is 1.70. The van der Waals surface area contributed by atoms with Gasteiger partial charge in [0, 0.05) is 32.2 Å². The second-order valence-corrected chi connectivity index (χ2v) is 10.5. The van der Waals surface area contributed by atoms with Gasteiger partial charge in [0.25, 0.3) is 0 Å². The van der Waals surface area contributed by atoms with E-state index in [1.165, 1.54) is 10.5 Å². The van der Waals surface area contributed by atoms with E-state index in [1.807, 2.05) is 19.1 Å². The number of rotatable bonds is 9. The number of hydrogen-bond acceptors (Lipinski definition) is 10. The van der Waals surface area contributed by atoms with Gasteiger partial charge in [-0.15, -0.1) is 0 Å². The van der Waals surface area contributed by atoms with Gasteiger partial charge in [0.2, 0.25) is 15.9 Å². The van der Waals surface area contributed by atoms with E-state index >= 15 is 0 Å². The number of methoxy groups -OCH3 is 2. The first-order valence-corrected chi connectivity index (χ1v) is 13.8. The summed E-state index contributed by atoms with van der Waals surface area (Å²) in [6, 6.07) is 10.8. The molecule has 1 fully saturated rings. The quantitative estimate of drug-likeness (QED) is 0.337. The lowest BCUT2D eigenvalue weighted by molar-refractivity contribution is 0.327. The predicted octanol–water partition coefficient (Wildman–Crippen LogP) is 2.03. The van der Waals surface area contributed by atoms with E-state index in [9.17, 15) is 8.42 Å². The maximum Gasteiger partial charge on any atom is 0.219 e. The number of fused-ring (bicyclic) bond motifs is 1. The highest BCUT2D eigenvalue weighted by atomic mass is 32.2. The molecule has 0 bridgehead atoms. The number of imidazole rings is 1. The molecule has 1 aliphatic rings. The lowest BCUT2D eigenvalue weighted by atomic mass is 10.2. The van der Waals surface area contributed by atoms with Crippen molar-refractivity contribution in [3.63, 3.8) is 0 Å².